The summed E-state index contributed by atoms with van der Waals surface area (Å²) in [5.41, 5.74) is 4.27. The molecule has 1 aliphatic rings. The molecule has 0 bridgehead atoms. The van der Waals surface area contributed by atoms with Gasteiger partial charge in [-0.2, -0.15) is 5.10 Å². The second-order valence-electron chi connectivity index (χ2n) is 8.78. The Morgan fingerprint density at radius 3 is 2.69 bits per heavy atom. The first-order valence-electron chi connectivity index (χ1n) is 12.0. The van der Waals surface area contributed by atoms with Crippen molar-refractivity contribution in [2.45, 2.75) is 33.2 Å². The number of aromatic amines is 1. The number of aromatic nitrogens is 3. The van der Waals surface area contributed by atoms with Gasteiger partial charge >= 0.3 is 0 Å². The normalized spacial score (nSPS) is 14.1. The van der Waals surface area contributed by atoms with Gasteiger partial charge in [-0.05, 0) is 31.0 Å². The highest BCUT2D eigenvalue weighted by Gasteiger charge is 2.24. The molecule has 1 amide bonds. The van der Waals surface area contributed by atoms with E-state index < -0.39 is 0 Å². The molecule has 35 heavy (non-hydrogen) atoms. The molecule has 0 radical (unpaired) electrons. The Hall–Kier alpha value is -3.81. The van der Waals surface area contributed by atoms with Gasteiger partial charge in [0.2, 0.25) is 5.91 Å². The van der Waals surface area contributed by atoms with E-state index in [4.69, 9.17) is 4.74 Å². The quantitative estimate of drug-likeness (QED) is 0.505. The van der Waals surface area contributed by atoms with Crippen molar-refractivity contribution < 1.29 is 9.53 Å². The maximum atomic E-state index is 13.1. The zero-order valence-corrected chi connectivity index (χ0v) is 20.7. The van der Waals surface area contributed by atoms with Crippen molar-refractivity contribution in [1.82, 2.24) is 19.7 Å². The smallest absolute Gasteiger partial charge is 0.291 e. The molecule has 4 rings (SSSR count). The van der Waals surface area contributed by atoms with Crippen molar-refractivity contribution in [3.05, 3.63) is 76.4 Å². The molecular formula is C27H33N5O3. The van der Waals surface area contributed by atoms with Gasteiger partial charge in [-0.15, -0.1) is 0 Å². The van der Waals surface area contributed by atoms with Crippen LogP contribution >= 0.6 is 0 Å². The number of nitrogens with one attached hydrogen (secondary N) is 1. The summed E-state index contributed by atoms with van der Waals surface area (Å²) >= 11 is 0. The Morgan fingerprint density at radius 1 is 1.23 bits per heavy atom. The van der Waals surface area contributed by atoms with Crippen LogP contribution in [-0.4, -0.2) is 58.9 Å². The topological polar surface area (TPSA) is 83.5 Å². The molecule has 8 heteroatoms. The zero-order valence-electron chi connectivity index (χ0n) is 20.7. The molecule has 2 aromatic heterocycles. The predicted molar refractivity (Wildman–Crippen MR) is 139 cm³/mol. The number of methoxy groups -OCH3 is 1. The van der Waals surface area contributed by atoms with E-state index in [1.165, 1.54) is 4.68 Å². The number of rotatable bonds is 8. The lowest BCUT2D eigenvalue weighted by Crippen LogP contribution is -2.50. The number of nitrogens with zero attached hydrogens (tertiary/aromatic N) is 4. The second kappa shape index (κ2) is 10.6. The number of carbonyl (C=O) groups is 1. The second-order valence-corrected chi connectivity index (χ2v) is 8.78. The molecule has 0 saturated carbocycles. The van der Waals surface area contributed by atoms with Crippen molar-refractivity contribution in [3.63, 3.8) is 0 Å². The summed E-state index contributed by atoms with van der Waals surface area (Å²) in [6, 6.07) is 7.89. The van der Waals surface area contributed by atoms with Crippen LogP contribution in [0.25, 0.3) is 10.9 Å². The number of hydrogen-bond donors (Lipinski definition) is 1. The van der Waals surface area contributed by atoms with Gasteiger partial charge in [0, 0.05) is 43.7 Å². The molecule has 1 aliphatic heterocycles. The lowest BCUT2D eigenvalue weighted by atomic mass is 10.1. The Labute approximate surface area is 205 Å². The van der Waals surface area contributed by atoms with Crippen LogP contribution in [0.15, 0.2) is 59.6 Å². The van der Waals surface area contributed by atoms with E-state index in [1.54, 1.807) is 18.2 Å². The van der Waals surface area contributed by atoms with Crippen LogP contribution in [0.4, 0.5) is 5.69 Å². The van der Waals surface area contributed by atoms with Gasteiger partial charge in [-0.1, -0.05) is 43.4 Å². The van der Waals surface area contributed by atoms with Crippen molar-refractivity contribution in [2.75, 3.05) is 38.2 Å². The number of fused-ring (bicyclic) bond motifs is 1. The van der Waals surface area contributed by atoms with Crippen molar-refractivity contribution >= 4 is 22.5 Å². The molecule has 1 N–H and O–H groups in total. The fraction of sp³-hybridized carbons (Fsp3) is 0.370. The molecule has 0 aliphatic carbocycles. The van der Waals surface area contributed by atoms with E-state index in [-0.39, 0.29) is 18.0 Å². The fourth-order valence-electron chi connectivity index (χ4n) is 4.39. The summed E-state index contributed by atoms with van der Waals surface area (Å²) in [5.74, 6) is 0.714. The first-order chi connectivity index (χ1) is 16.9. The number of para-hydroxylation sites is 2. The maximum absolute atomic E-state index is 13.1. The number of ether oxygens (including phenoxy) is 1. The van der Waals surface area contributed by atoms with Crippen LogP contribution in [0, 0.1) is 6.92 Å². The lowest BCUT2D eigenvalue weighted by Gasteiger charge is -2.36. The molecule has 0 atom stereocenters. The molecule has 1 aromatic carbocycles. The van der Waals surface area contributed by atoms with Gasteiger partial charge in [0.05, 0.1) is 19.0 Å². The van der Waals surface area contributed by atoms with Crippen molar-refractivity contribution in [1.29, 1.82) is 0 Å². The SMILES string of the molecule is C=C(C=CCc1[nH]c2c(=O)n(CC(=O)N3CCN(c4ccccc4OC)CC3)ncc2c1C)CC. The van der Waals surface area contributed by atoms with Gasteiger partial charge in [0.25, 0.3) is 5.56 Å². The summed E-state index contributed by atoms with van der Waals surface area (Å²) in [6.07, 6.45) is 7.31. The Bertz CT molecular complexity index is 1310. The minimum absolute atomic E-state index is 0.0763. The number of H-pyrrole nitrogens is 1. The van der Waals surface area contributed by atoms with Crippen LogP contribution in [0.3, 0.4) is 0 Å². The first-order valence-corrected chi connectivity index (χ1v) is 12.0. The summed E-state index contributed by atoms with van der Waals surface area (Å²) in [7, 11) is 1.66. The van der Waals surface area contributed by atoms with Gasteiger partial charge in [0.15, 0.2) is 0 Å². The predicted octanol–water partition coefficient (Wildman–Crippen LogP) is 3.46. The monoisotopic (exact) mass is 475 g/mol. The third-order valence-electron chi connectivity index (χ3n) is 6.65. The number of benzene rings is 1. The minimum Gasteiger partial charge on any atom is -0.495 e. The highest BCUT2D eigenvalue weighted by molar-refractivity contribution is 5.83. The van der Waals surface area contributed by atoms with Gasteiger partial charge < -0.3 is 19.5 Å². The van der Waals surface area contributed by atoms with Gasteiger partial charge in [0.1, 0.15) is 17.8 Å². The van der Waals surface area contributed by atoms with Crippen LogP contribution in [0.2, 0.25) is 0 Å². The Kier molecular flexibility index (Phi) is 7.39. The molecule has 3 aromatic rings. The third-order valence-corrected chi connectivity index (χ3v) is 6.65. The van der Waals surface area contributed by atoms with E-state index in [2.05, 4.69) is 28.5 Å². The van der Waals surface area contributed by atoms with Crippen LogP contribution < -0.4 is 15.2 Å². The number of anilines is 1. The number of hydrogen-bond acceptors (Lipinski definition) is 5. The van der Waals surface area contributed by atoms with E-state index in [0.29, 0.717) is 38.1 Å². The number of piperazine rings is 1. The average molecular weight is 476 g/mol. The number of allylic oxidation sites excluding steroid dienone is 3. The molecule has 8 nitrogen and oxygen atoms in total. The fourth-order valence-corrected chi connectivity index (χ4v) is 4.39. The molecule has 3 heterocycles. The van der Waals surface area contributed by atoms with E-state index in [9.17, 15) is 9.59 Å². The van der Waals surface area contributed by atoms with Gasteiger partial charge in [-0.25, -0.2) is 4.68 Å². The average Bonchev–Trinajstić information content (AvgIpc) is 3.21. The molecule has 0 spiro atoms. The third kappa shape index (κ3) is 5.16. The Balaban J connectivity index is 1.43. The largest absolute Gasteiger partial charge is 0.495 e. The Morgan fingerprint density at radius 2 is 1.97 bits per heavy atom. The van der Waals surface area contributed by atoms with Gasteiger partial charge in [-0.3, -0.25) is 9.59 Å². The summed E-state index contributed by atoms with van der Waals surface area (Å²) in [6.45, 7) is 10.5. The first kappa shape index (κ1) is 24.3. The maximum Gasteiger partial charge on any atom is 0.291 e. The van der Waals surface area contributed by atoms with E-state index in [1.807, 2.05) is 43.3 Å². The van der Waals surface area contributed by atoms with E-state index in [0.717, 1.165) is 40.1 Å². The van der Waals surface area contributed by atoms with Crippen molar-refractivity contribution in [3.8, 4) is 5.75 Å². The summed E-state index contributed by atoms with van der Waals surface area (Å²) in [5, 5.41) is 5.09. The van der Waals surface area contributed by atoms with Crippen molar-refractivity contribution in [2.24, 2.45) is 0 Å². The van der Waals surface area contributed by atoms with Crippen LogP contribution in [0.5, 0.6) is 5.75 Å². The highest BCUT2D eigenvalue weighted by atomic mass is 16.5. The molecule has 1 fully saturated rings. The summed E-state index contributed by atoms with van der Waals surface area (Å²) in [4.78, 5) is 33.3. The summed E-state index contributed by atoms with van der Waals surface area (Å²) < 4.78 is 6.72. The van der Waals surface area contributed by atoms with E-state index >= 15 is 0 Å². The lowest BCUT2D eigenvalue weighted by molar-refractivity contribution is -0.132. The molecular weight excluding hydrogens is 442 g/mol. The minimum atomic E-state index is -0.278. The molecule has 1 saturated heterocycles. The standard InChI is InChI=1S/C27H33N5O3/c1-5-19(2)9-8-10-22-20(3)21-17-28-32(27(34)26(21)29-22)18-25(33)31-15-13-30(14-16-31)23-11-6-7-12-24(23)35-4/h6-9,11-12,17,29H,2,5,10,13-16,18H2,1,3-4H3. The van der Waals surface area contributed by atoms with Crippen LogP contribution in [0.1, 0.15) is 24.6 Å². The number of carbonyl (C=O) groups excluding carboxylic acids is 1. The van der Waals surface area contributed by atoms with Crippen LogP contribution in [-0.2, 0) is 17.8 Å². The molecule has 0 unspecified atom stereocenters. The molecule has 184 valence electrons. The number of amides is 1. The zero-order chi connectivity index (χ0) is 24.9. The number of aryl methyl sites for hydroxylation is 1. The highest BCUT2D eigenvalue weighted by Crippen LogP contribution is 2.28.